The molecule has 4 aromatic rings. The molecule has 0 unspecified atom stereocenters. The topological polar surface area (TPSA) is 88.0 Å². The van der Waals surface area contributed by atoms with Crippen LogP contribution >= 0.6 is 11.6 Å². The van der Waals surface area contributed by atoms with E-state index in [0.717, 1.165) is 22.3 Å². The molecule has 156 valence electrons. The number of aromatic amines is 1. The molecule has 1 atom stereocenters. The summed E-state index contributed by atoms with van der Waals surface area (Å²) in [6, 6.07) is 22.4. The Kier molecular flexibility index (Phi) is 6.00. The molecule has 1 aromatic heterocycles. The van der Waals surface area contributed by atoms with Crippen LogP contribution in [-0.4, -0.2) is 16.0 Å². The Hall–Kier alpha value is -3.64. The summed E-state index contributed by atoms with van der Waals surface area (Å²) in [5.74, 6) is -0.372. The van der Waals surface area contributed by atoms with Crippen molar-refractivity contribution in [3.8, 4) is 11.4 Å². The second-order valence-corrected chi connectivity index (χ2v) is 7.66. The maximum Gasteiger partial charge on any atom is 0.439 e. The molecular weight excluding hydrogens is 414 g/mol. The van der Waals surface area contributed by atoms with Crippen LogP contribution in [0.3, 0.4) is 0 Å². The largest absolute Gasteiger partial charge is 0.439 e. The van der Waals surface area contributed by atoms with Gasteiger partial charge in [-0.15, -0.1) is 0 Å². The van der Waals surface area contributed by atoms with E-state index in [-0.39, 0.29) is 11.9 Å². The van der Waals surface area contributed by atoms with E-state index in [4.69, 9.17) is 11.6 Å². The quantitative estimate of drug-likeness (QED) is 0.458. The van der Waals surface area contributed by atoms with Crippen LogP contribution in [0, 0.1) is 0 Å². The molecule has 7 heteroatoms. The molecule has 4 rings (SSSR count). The molecule has 0 spiro atoms. The van der Waals surface area contributed by atoms with E-state index in [0.29, 0.717) is 22.8 Å². The minimum atomic E-state index is -0.600. The molecule has 0 saturated heterocycles. The number of aromatic nitrogens is 2. The molecule has 1 amide bonds. The van der Waals surface area contributed by atoms with Gasteiger partial charge in [0.25, 0.3) is 5.91 Å². The predicted molar refractivity (Wildman–Crippen MR) is 119 cm³/mol. The Morgan fingerprint density at radius 1 is 1.06 bits per heavy atom. The van der Waals surface area contributed by atoms with Crippen molar-refractivity contribution in [2.75, 3.05) is 0 Å². The van der Waals surface area contributed by atoms with Crippen LogP contribution in [0.4, 0.5) is 0 Å². The van der Waals surface area contributed by atoms with E-state index in [1.165, 1.54) is 0 Å². The normalized spacial score (nSPS) is 11.8. The van der Waals surface area contributed by atoms with E-state index in [2.05, 4.69) is 20.0 Å². The van der Waals surface area contributed by atoms with Gasteiger partial charge in [-0.25, -0.2) is 4.79 Å². The van der Waals surface area contributed by atoms with Gasteiger partial charge in [-0.2, -0.15) is 0 Å². The van der Waals surface area contributed by atoms with Gasteiger partial charge >= 0.3 is 5.76 Å². The first-order valence-corrected chi connectivity index (χ1v) is 10.2. The van der Waals surface area contributed by atoms with Crippen molar-refractivity contribution in [2.45, 2.75) is 19.4 Å². The van der Waals surface area contributed by atoms with Crippen molar-refractivity contribution < 1.29 is 9.32 Å². The Morgan fingerprint density at radius 3 is 2.45 bits per heavy atom. The van der Waals surface area contributed by atoms with E-state index in [1.807, 2.05) is 79.7 Å². The molecule has 3 aromatic carbocycles. The number of nitrogens with zero attached hydrogens (tertiary/aromatic N) is 1. The van der Waals surface area contributed by atoms with Gasteiger partial charge in [-0.1, -0.05) is 71.4 Å². The van der Waals surface area contributed by atoms with Gasteiger partial charge in [0.1, 0.15) is 0 Å². The molecule has 2 N–H and O–H groups in total. The second-order valence-electron chi connectivity index (χ2n) is 7.22. The minimum Gasteiger partial charge on any atom is -0.346 e. The summed E-state index contributed by atoms with van der Waals surface area (Å²) in [6.07, 6.45) is 0.639. The number of carbonyl (C=O) groups is 1. The zero-order valence-corrected chi connectivity index (χ0v) is 17.5. The third kappa shape index (κ3) is 4.92. The number of nitrogens with one attached hydrogen (secondary N) is 2. The van der Waals surface area contributed by atoms with Crippen molar-refractivity contribution in [1.82, 2.24) is 15.5 Å². The Morgan fingerprint density at radius 2 is 1.77 bits per heavy atom. The number of hydrogen-bond acceptors (Lipinski definition) is 4. The molecule has 0 saturated carbocycles. The predicted octanol–water partition coefficient (Wildman–Crippen LogP) is 4.77. The molecule has 0 aliphatic carbocycles. The SMILES string of the molecule is C[C@H](NC(=O)c1ccccc1Cc1ccc(Cl)cc1)c1ccc(-c2noc(=O)[nH]2)cc1. The Labute approximate surface area is 183 Å². The van der Waals surface area contributed by atoms with Gasteiger partial charge in [0.2, 0.25) is 0 Å². The van der Waals surface area contributed by atoms with Crippen LogP contribution in [0.2, 0.25) is 5.02 Å². The smallest absolute Gasteiger partial charge is 0.346 e. The summed E-state index contributed by atoms with van der Waals surface area (Å²) >= 11 is 5.97. The van der Waals surface area contributed by atoms with Crippen molar-refractivity contribution in [2.24, 2.45) is 0 Å². The molecule has 0 aliphatic heterocycles. The fourth-order valence-corrected chi connectivity index (χ4v) is 3.49. The molecule has 0 radical (unpaired) electrons. The van der Waals surface area contributed by atoms with Crippen LogP contribution in [0.25, 0.3) is 11.4 Å². The summed E-state index contributed by atoms with van der Waals surface area (Å²) in [4.78, 5) is 26.6. The highest BCUT2D eigenvalue weighted by atomic mass is 35.5. The summed E-state index contributed by atoms with van der Waals surface area (Å²) in [5, 5.41) is 7.42. The molecule has 31 heavy (non-hydrogen) atoms. The lowest BCUT2D eigenvalue weighted by atomic mass is 9.98. The molecule has 6 nitrogen and oxygen atoms in total. The molecular formula is C24H20ClN3O3. The number of carbonyl (C=O) groups excluding carboxylic acids is 1. The molecule has 0 bridgehead atoms. The number of benzene rings is 3. The van der Waals surface area contributed by atoms with Crippen LogP contribution in [0.1, 0.15) is 40.0 Å². The van der Waals surface area contributed by atoms with Gasteiger partial charge in [-0.05, 0) is 48.2 Å². The van der Waals surface area contributed by atoms with Crippen LogP contribution in [0.15, 0.2) is 82.1 Å². The van der Waals surface area contributed by atoms with Crippen LogP contribution in [0.5, 0.6) is 0 Å². The summed E-state index contributed by atoms with van der Waals surface area (Å²) in [6.45, 7) is 1.92. The summed E-state index contributed by atoms with van der Waals surface area (Å²) < 4.78 is 4.53. The highest BCUT2D eigenvalue weighted by Crippen LogP contribution is 2.21. The van der Waals surface area contributed by atoms with Gasteiger partial charge in [0.15, 0.2) is 5.82 Å². The third-order valence-electron chi connectivity index (χ3n) is 5.04. The fraction of sp³-hybridized carbons (Fsp3) is 0.125. The molecule has 0 fully saturated rings. The van der Waals surface area contributed by atoms with E-state index in [9.17, 15) is 9.59 Å². The highest BCUT2D eigenvalue weighted by molar-refractivity contribution is 6.30. The van der Waals surface area contributed by atoms with Crippen molar-refractivity contribution in [3.05, 3.63) is 111 Å². The number of amides is 1. The third-order valence-corrected chi connectivity index (χ3v) is 5.29. The van der Waals surface area contributed by atoms with Crippen molar-refractivity contribution >= 4 is 17.5 Å². The van der Waals surface area contributed by atoms with Crippen LogP contribution in [-0.2, 0) is 6.42 Å². The minimum absolute atomic E-state index is 0.137. The van der Waals surface area contributed by atoms with Gasteiger partial charge in [0, 0.05) is 16.1 Å². The first kappa shape index (κ1) is 20.6. The zero-order chi connectivity index (χ0) is 21.8. The molecule has 0 aliphatic rings. The zero-order valence-electron chi connectivity index (χ0n) is 16.8. The van der Waals surface area contributed by atoms with Crippen molar-refractivity contribution in [1.29, 1.82) is 0 Å². The summed E-state index contributed by atoms with van der Waals surface area (Å²) in [7, 11) is 0. The number of halogens is 1. The maximum atomic E-state index is 13.0. The van der Waals surface area contributed by atoms with Gasteiger partial charge < -0.3 is 5.32 Å². The second kappa shape index (κ2) is 9.02. The average Bonchev–Trinajstić information content (AvgIpc) is 3.22. The van der Waals surface area contributed by atoms with Gasteiger partial charge in [-0.3, -0.25) is 14.3 Å². The van der Waals surface area contributed by atoms with E-state index >= 15 is 0 Å². The average molecular weight is 434 g/mol. The van der Waals surface area contributed by atoms with E-state index < -0.39 is 5.76 Å². The van der Waals surface area contributed by atoms with E-state index in [1.54, 1.807) is 0 Å². The highest BCUT2D eigenvalue weighted by Gasteiger charge is 2.15. The Balaban J connectivity index is 1.48. The fourth-order valence-electron chi connectivity index (χ4n) is 3.36. The van der Waals surface area contributed by atoms with Crippen molar-refractivity contribution in [3.63, 3.8) is 0 Å². The lowest BCUT2D eigenvalue weighted by molar-refractivity contribution is 0.0939. The first-order chi connectivity index (χ1) is 15.0. The summed E-state index contributed by atoms with van der Waals surface area (Å²) in [5.41, 5.74) is 4.32. The lowest BCUT2D eigenvalue weighted by Crippen LogP contribution is -2.27. The number of H-pyrrole nitrogens is 1. The number of rotatable bonds is 6. The number of hydrogen-bond donors (Lipinski definition) is 2. The standard InChI is InChI=1S/C24H20ClN3O3/c1-15(17-8-10-18(11-9-17)22-27-24(30)31-28-22)26-23(29)21-5-3-2-4-19(21)14-16-6-12-20(25)13-7-16/h2-13,15H,14H2,1H3,(H,26,29)(H,27,28,30)/t15-/m0/s1. The monoisotopic (exact) mass is 433 g/mol. The lowest BCUT2D eigenvalue weighted by Gasteiger charge is -2.16. The Bertz CT molecular complexity index is 1240. The maximum absolute atomic E-state index is 13.0. The first-order valence-electron chi connectivity index (χ1n) is 9.79. The van der Waals surface area contributed by atoms with Gasteiger partial charge in [0.05, 0.1) is 6.04 Å². The molecule has 1 heterocycles. The van der Waals surface area contributed by atoms with Crippen LogP contribution < -0.4 is 11.1 Å².